The minimum atomic E-state index is -2.89. The molecule has 0 aromatic heterocycles. The van der Waals surface area contributed by atoms with Crippen LogP contribution in [0.5, 0.6) is 5.75 Å². The Labute approximate surface area is 157 Å². The quantitative estimate of drug-likeness (QED) is 0.760. The zero-order chi connectivity index (χ0) is 18.0. The molecule has 2 aliphatic heterocycles. The van der Waals surface area contributed by atoms with E-state index in [1.165, 1.54) is 0 Å². The Morgan fingerprint density at radius 1 is 1.16 bits per heavy atom. The van der Waals surface area contributed by atoms with Gasteiger partial charge in [0.2, 0.25) is 0 Å². The van der Waals surface area contributed by atoms with Crippen LogP contribution in [0.1, 0.15) is 6.42 Å². The Hall–Kier alpha value is -1.02. The standard InChI is InChI=1S/C16H20Cl2N2O4S/c17-13-2-1-3-14(18)16(13)24-10-15(21)20-7-5-19(6-8-20)12-4-9-25(22,23)11-12/h1-3,12H,4-11H2. The lowest BCUT2D eigenvalue weighted by atomic mass is 10.2. The molecule has 9 heteroatoms. The molecule has 1 aromatic carbocycles. The minimum absolute atomic E-state index is 0.0837. The molecule has 2 heterocycles. The van der Waals surface area contributed by atoms with E-state index < -0.39 is 9.84 Å². The number of carbonyl (C=O) groups excluding carboxylic acids is 1. The summed E-state index contributed by atoms with van der Waals surface area (Å²) in [5.41, 5.74) is 0. The maximum absolute atomic E-state index is 12.3. The van der Waals surface area contributed by atoms with E-state index in [-0.39, 0.29) is 30.1 Å². The fourth-order valence-corrected chi connectivity index (χ4v) is 5.51. The molecule has 2 saturated heterocycles. The van der Waals surface area contributed by atoms with Crippen LogP contribution in [-0.2, 0) is 14.6 Å². The summed E-state index contributed by atoms with van der Waals surface area (Å²) in [6.45, 7) is 2.36. The van der Waals surface area contributed by atoms with Crippen molar-refractivity contribution in [2.75, 3.05) is 44.3 Å². The molecule has 1 unspecified atom stereocenters. The van der Waals surface area contributed by atoms with E-state index in [2.05, 4.69) is 4.90 Å². The summed E-state index contributed by atoms with van der Waals surface area (Å²) in [7, 11) is -2.89. The first-order valence-corrected chi connectivity index (χ1v) is 10.7. The van der Waals surface area contributed by atoms with Gasteiger partial charge in [0.25, 0.3) is 5.91 Å². The normalized spacial score (nSPS) is 23.6. The lowest BCUT2D eigenvalue weighted by Gasteiger charge is -2.37. The molecule has 25 heavy (non-hydrogen) atoms. The van der Waals surface area contributed by atoms with E-state index in [1.807, 2.05) is 0 Å². The zero-order valence-electron chi connectivity index (χ0n) is 13.7. The molecule has 0 saturated carbocycles. The number of para-hydroxylation sites is 1. The molecule has 0 aliphatic carbocycles. The summed E-state index contributed by atoms with van der Waals surface area (Å²) in [5.74, 6) is 0.682. The van der Waals surface area contributed by atoms with E-state index in [9.17, 15) is 13.2 Å². The highest BCUT2D eigenvalue weighted by atomic mass is 35.5. The largest absolute Gasteiger partial charge is 0.481 e. The van der Waals surface area contributed by atoms with Crippen LogP contribution < -0.4 is 4.74 Å². The Morgan fingerprint density at radius 2 is 1.80 bits per heavy atom. The van der Waals surface area contributed by atoms with Crippen molar-refractivity contribution in [3.8, 4) is 5.75 Å². The van der Waals surface area contributed by atoms with Gasteiger partial charge in [0.1, 0.15) is 0 Å². The number of ether oxygens (including phenoxy) is 1. The number of carbonyl (C=O) groups is 1. The van der Waals surface area contributed by atoms with Crippen molar-refractivity contribution in [3.05, 3.63) is 28.2 Å². The first kappa shape index (κ1) is 18.8. The first-order chi connectivity index (χ1) is 11.9. The molecule has 1 amide bonds. The van der Waals surface area contributed by atoms with Crippen LogP contribution in [0.25, 0.3) is 0 Å². The van der Waals surface area contributed by atoms with Gasteiger partial charge in [-0.3, -0.25) is 9.69 Å². The lowest BCUT2D eigenvalue weighted by molar-refractivity contribution is -0.135. The highest BCUT2D eigenvalue weighted by molar-refractivity contribution is 7.91. The van der Waals surface area contributed by atoms with Crippen LogP contribution in [0.4, 0.5) is 0 Å². The zero-order valence-corrected chi connectivity index (χ0v) is 16.0. The summed E-state index contributed by atoms with van der Waals surface area (Å²) in [6, 6.07) is 5.10. The Bertz CT molecular complexity index is 728. The summed E-state index contributed by atoms with van der Waals surface area (Å²) in [4.78, 5) is 16.2. The predicted molar refractivity (Wildman–Crippen MR) is 97.2 cm³/mol. The topological polar surface area (TPSA) is 66.9 Å². The van der Waals surface area contributed by atoms with Crippen LogP contribution in [0.2, 0.25) is 10.0 Å². The maximum Gasteiger partial charge on any atom is 0.260 e. The molecular formula is C16H20Cl2N2O4S. The second-order valence-electron chi connectivity index (χ2n) is 6.31. The second-order valence-corrected chi connectivity index (χ2v) is 9.36. The third kappa shape index (κ3) is 4.58. The Kier molecular flexibility index (Phi) is 5.78. The number of sulfone groups is 1. The molecule has 0 bridgehead atoms. The van der Waals surface area contributed by atoms with Crippen molar-refractivity contribution in [2.45, 2.75) is 12.5 Å². The van der Waals surface area contributed by atoms with Crippen molar-refractivity contribution in [1.29, 1.82) is 0 Å². The van der Waals surface area contributed by atoms with Crippen LogP contribution in [0.3, 0.4) is 0 Å². The van der Waals surface area contributed by atoms with Gasteiger partial charge in [0, 0.05) is 32.2 Å². The molecule has 6 nitrogen and oxygen atoms in total. The molecule has 2 aliphatic rings. The number of piperazine rings is 1. The van der Waals surface area contributed by atoms with Gasteiger partial charge < -0.3 is 9.64 Å². The molecule has 1 atom stereocenters. The SMILES string of the molecule is O=C(COc1c(Cl)cccc1Cl)N1CCN(C2CCS(=O)(=O)C2)CC1. The molecule has 0 spiro atoms. The van der Waals surface area contributed by atoms with Crippen molar-refractivity contribution in [1.82, 2.24) is 9.80 Å². The van der Waals surface area contributed by atoms with E-state index in [0.717, 1.165) is 0 Å². The number of benzene rings is 1. The van der Waals surface area contributed by atoms with Gasteiger partial charge in [-0.25, -0.2) is 8.42 Å². The van der Waals surface area contributed by atoms with E-state index in [1.54, 1.807) is 23.1 Å². The number of halogens is 2. The van der Waals surface area contributed by atoms with Gasteiger partial charge >= 0.3 is 0 Å². The summed E-state index contributed by atoms with van der Waals surface area (Å²) < 4.78 is 28.7. The number of rotatable bonds is 4. The lowest BCUT2D eigenvalue weighted by Crippen LogP contribution is -2.53. The highest BCUT2D eigenvalue weighted by Gasteiger charge is 2.34. The fraction of sp³-hybridized carbons (Fsp3) is 0.562. The minimum Gasteiger partial charge on any atom is -0.481 e. The Morgan fingerprint density at radius 3 is 2.36 bits per heavy atom. The average Bonchev–Trinajstić information content (AvgIpc) is 2.94. The van der Waals surface area contributed by atoms with E-state index in [0.29, 0.717) is 48.4 Å². The molecule has 3 rings (SSSR count). The van der Waals surface area contributed by atoms with Crippen LogP contribution in [0, 0.1) is 0 Å². The van der Waals surface area contributed by atoms with Crippen molar-refractivity contribution < 1.29 is 17.9 Å². The number of nitrogens with zero attached hydrogens (tertiary/aromatic N) is 2. The number of hydrogen-bond acceptors (Lipinski definition) is 5. The van der Waals surface area contributed by atoms with Crippen LogP contribution in [0.15, 0.2) is 18.2 Å². The second kappa shape index (κ2) is 7.70. The molecule has 0 N–H and O–H groups in total. The summed E-state index contributed by atoms with van der Waals surface area (Å²) >= 11 is 12.0. The highest BCUT2D eigenvalue weighted by Crippen LogP contribution is 2.32. The molecule has 0 radical (unpaired) electrons. The summed E-state index contributed by atoms with van der Waals surface area (Å²) in [5, 5.41) is 0.736. The first-order valence-electron chi connectivity index (χ1n) is 8.15. The van der Waals surface area contributed by atoms with Gasteiger partial charge in [0.15, 0.2) is 22.2 Å². The number of amides is 1. The molecule has 2 fully saturated rings. The van der Waals surface area contributed by atoms with Gasteiger partial charge in [0.05, 0.1) is 21.6 Å². The smallest absolute Gasteiger partial charge is 0.260 e. The summed E-state index contributed by atoms with van der Waals surface area (Å²) in [6.07, 6.45) is 0.685. The number of hydrogen-bond donors (Lipinski definition) is 0. The van der Waals surface area contributed by atoms with Crippen molar-refractivity contribution in [2.24, 2.45) is 0 Å². The molecule has 1 aromatic rings. The monoisotopic (exact) mass is 406 g/mol. The maximum atomic E-state index is 12.3. The van der Waals surface area contributed by atoms with Gasteiger partial charge in [-0.1, -0.05) is 29.3 Å². The average molecular weight is 407 g/mol. The van der Waals surface area contributed by atoms with E-state index in [4.69, 9.17) is 27.9 Å². The molecular weight excluding hydrogens is 387 g/mol. The van der Waals surface area contributed by atoms with Crippen molar-refractivity contribution in [3.63, 3.8) is 0 Å². The fourth-order valence-electron chi connectivity index (χ4n) is 3.25. The third-order valence-corrected chi connectivity index (χ3v) is 7.00. The van der Waals surface area contributed by atoms with Gasteiger partial charge in [-0.05, 0) is 18.6 Å². The van der Waals surface area contributed by atoms with Crippen LogP contribution >= 0.6 is 23.2 Å². The Balaban J connectivity index is 1.49. The van der Waals surface area contributed by atoms with E-state index >= 15 is 0 Å². The predicted octanol–water partition coefficient (Wildman–Crippen LogP) is 1.70. The molecule has 138 valence electrons. The third-order valence-electron chi connectivity index (χ3n) is 4.65. The van der Waals surface area contributed by atoms with Gasteiger partial charge in [-0.2, -0.15) is 0 Å². The van der Waals surface area contributed by atoms with Crippen molar-refractivity contribution >= 4 is 38.9 Å². The van der Waals surface area contributed by atoms with Gasteiger partial charge in [-0.15, -0.1) is 0 Å². The van der Waals surface area contributed by atoms with Crippen LogP contribution in [-0.4, -0.2) is 74.5 Å².